The Labute approximate surface area is 127 Å². The van der Waals surface area contributed by atoms with E-state index in [-0.39, 0.29) is 0 Å². The van der Waals surface area contributed by atoms with Crippen molar-refractivity contribution in [3.8, 4) is 28.1 Å². The van der Waals surface area contributed by atoms with Gasteiger partial charge in [0.05, 0.1) is 12.8 Å². The van der Waals surface area contributed by atoms with Gasteiger partial charge in [-0.2, -0.15) is 0 Å². The molecule has 104 valence electrons. The second kappa shape index (κ2) is 4.60. The van der Waals surface area contributed by atoms with Crippen LogP contribution in [0, 0.1) is 0 Å². The molecule has 1 aromatic heterocycles. The van der Waals surface area contributed by atoms with E-state index in [1.807, 2.05) is 12.1 Å². The second-order valence-electron chi connectivity index (χ2n) is 5.10. The number of fused-ring (bicyclic) bond motifs is 3. The summed E-state index contributed by atoms with van der Waals surface area (Å²) in [6, 6.07) is 14.7. The molecule has 2 N–H and O–H groups in total. The van der Waals surface area contributed by atoms with Crippen LogP contribution in [0.1, 0.15) is 10.4 Å². The molecule has 0 radical (unpaired) electrons. The largest absolute Gasteiger partial charge is 0.497 e. The third kappa shape index (κ3) is 1.99. The molecule has 3 aromatic rings. The Morgan fingerprint density at radius 3 is 2.86 bits per heavy atom. The third-order valence-electron chi connectivity index (χ3n) is 3.83. The molecule has 1 aliphatic rings. The highest BCUT2D eigenvalue weighted by Crippen LogP contribution is 2.41. The van der Waals surface area contributed by atoms with Gasteiger partial charge in [-0.3, -0.25) is 0 Å². The Bertz CT molecular complexity index is 839. The van der Waals surface area contributed by atoms with Crippen LogP contribution in [-0.4, -0.2) is 12.1 Å². The van der Waals surface area contributed by atoms with Crippen molar-refractivity contribution < 1.29 is 4.74 Å². The van der Waals surface area contributed by atoms with Crippen molar-refractivity contribution in [3.05, 3.63) is 52.9 Å². The average molecular weight is 294 g/mol. The molecule has 3 nitrogen and oxygen atoms in total. The predicted octanol–water partition coefficient (Wildman–Crippen LogP) is 3.97. The third-order valence-corrected chi connectivity index (χ3v) is 4.71. The molecule has 0 atom stereocenters. The average Bonchev–Trinajstić information content (AvgIpc) is 3.02. The summed E-state index contributed by atoms with van der Waals surface area (Å²) in [4.78, 5) is 5.71. The van der Waals surface area contributed by atoms with Gasteiger partial charge in [-0.05, 0) is 28.8 Å². The van der Waals surface area contributed by atoms with E-state index in [1.165, 1.54) is 27.1 Å². The molecule has 1 heterocycles. The first-order valence-electron chi connectivity index (χ1n) is 6.77. The number of benzene rings is 2. The first-order chi connectivity index (χ1) is 10.2. The van der Waals surface area contributed by atoms with E-state index in [1.54, 1.807) is 18.4 Å². The number of nitrogens with two attached hydrogens (primary N) is 1. The summed E-state index contributed by atoms with van der Waals surface area (Å²) in [5, 5.41) is 0.655. The summed E-state index contributed by atoms with van der Waals surface area (Å²) in [6.07, 6.45) is 0.928. The molecule has 4 heteroatoms. The zero-order valence-corrected chi connectivity index (χ0v) is 12.4. The van der Waals surface area contributed by atoms with Crippen LogP contribution in [0.15, 0.2) is 42.5 Å². The Kier molecular flexibility index (Phi) is 2.72. The second-order valence-corrected chi connectivity index (χ2v) is 6.22. The number of hydrogen-bond donors (Lipinski definition) is 1. The minimum absolute atomic E-state index is 0.655. The van der Waals surface area contributed by atoms with Gasteiger partial charge in [-0.15, -0.1) is 11.3 Å². The van der Waals surface area contributed by atoms with Gasteiger partial charge in [-0.25, -0.2) is 4.98 Å². The number of nitrogen functional groups attached to an aromatic ring is 1. The van der Waals surface area contributed by atoms with Gasteiger partial charge in [-0.1, -0.05) is 30.3 Å². The number of aromatic nitrogens is 1. The molecular formula is C17H14N2OS. The summed E-state index contributed by atoms with van der Waals surface area (Å²) >= 11 is 1.59. The summed E-state index contributed by atoms with van der Waals surface area (Å²) < 4.78 is 5.30. The van der Waals surface area contributed by atoms with Crippen LogP contribution < -0.4 is 10.5 Å². The van der Waals surface area contributed by atoms with Crippen LogP contribution >= 0.6 is 11.3 Å². The maximum absolute atomic E-state index is 5.79. The zero-order valence-electron chi connectivity index (χ0n) is 11.6. The maximum Gasteiger partial charge on any atom is 0.180 e. The highest BCUT2D eigenvalue weighted by molar-refractivity contribution is 7.15. The molecule has 0 spiro atoms. The van der Waals surface area contributed by atoms with E-state index in [4.69, 9.17) is 10.5 Å². The van der Waals surface area contributed by atoms with Gasteiger partial charge in [0, 0.05) is 16.9 Å². The molecule has 4 rings (SSSR count). The molecule has 0 bridgehead atoms. The lowest BCUT2D eigenvalue weighted by atomic mass is 10.00. The summed E-state index contributed by atoms with van der Waals surface area (Å²) in [5.41, 5.74) is 11.8. The molecule has 0 saturated heterocycles. The molecule has 2 aromatic carbocycles. The van der Waals surface area contributed by atoms with E-state index in [0.717, 1.165) is 17.9 Å². The van der Waals surface area contributed by atoms with Crippen LogP contribution in [-0.2, 0) is 6.42 Å². The fourth-order valence-electron chi connectivity index (χ4n) is 2.83. The first-order valence-corrected chi connectivity index (χ1v) is 7.59. The van der Waals surface area contributed by atoms with Crippen LogP contribution in [0.5, 0.6) is 5.75 Å². The minimum atomic E-state index is 0.655. The van der Waals surface area contributed by atoms with E-state index in [2.05, 4.69) is 35.3 Å². The zero-order chi connectivity index (χ0) is 14.4. The molecule has 0 fully saturated rings. The Balaban J connectivity index is 1.78. The molecule has 0 unspecified atom stereocenters. The monoisotopic (exact) mass is 294 g/mol. The van der Waals surface area contributed by atoms with E-state index in [9.17, 15) is 0 Å². The molecule has 0 aliphatic heterocycles. The van der Waals surface area contributed by atoms with Gasteiger partial charge in [0.15, 0.2) is 5.13 Å². The number of rotatable bonds is 2. The Hall–Kier alpha value is -2.33. The van der Waals surface area contributed by atoms with Crippen molar-refractivity contribution in [1.82, 2.24) is 4.98 Å². The van der Waals surface area contributed by atoms with Crippen LogP contribution in [0.25, 0.3) is 22.4 Å². The summed E-state index contributed by atoms with van der Waals surface area (Å²) in [6.45, 7) is 0. The predicted molar refractivity (Wildman–Crippen MR) is 86.8 cm³/mol. The van der Waals surface area contributed by atoms with Crippen molar-refractivity contribution in [2.75, 3.05) is 12.8 Å². The fourth-order valence-corrected chi connectivity index (χ4v) is 3.70. The van der Waals surface area contributed by atoms with Gasteiger partial charge in [0.1, 0.15) is 5.75 Å². The van der Waals surface area contributed by atoms with E-state index in [0.29, 0.717) is 5.13 Å². The molecule has 0 amide bonds. The minimum Gasteiger partial charge on any atom is -0.497 e. The number of methoxy groups -OCH3 is 1. The Morgan fingerprint density at radius 1 is 1.14 bits per heavy atom. The van der Waals surface area contributed by atoms with Crippen molar-refractivity contribution in [2.24, 2.45) is 0 Å². The van der Waals surface area contributed by atoms with Crippen molar-refractivity contribution in [3.63, 3.8) is 0 Å². The van der Waals surface area contributed by atoms with Gasteiger partial charge in [0.25, 0.3) is 0 Å². The number of anilines is 1. The first kappa shape index (κ1) is 12.4. The lowest BCUT2D eigenvalue weighted by molar-refractivity contribution is 0.415. The lowest BCUT2D eigenvalue weighted by Crippen LogP contribution is -1.87. The topological polar surface area (TPSA) is 48.1 Å². The van der Waals surface area contributed by atoms with Gasteiger partial charge >= 0.3 is 0 Å². The summed E-state index contributed by atoms with van der Waals surface area (Å²) in [7, 11) is 1.69. The number of nitrogens with zero attached hydrogens (tertiary/aromatic N) is 1. The molecule has 0 saturated carbocycles. The maximum atomic E-state index is 5.79. The van der Waals surface area contributed by atoms with E-state index < -0.39 is 0 Å². The van der Waals surface area contributed by atoms with Crippen LogP contribution in [0.3, 0.4) is 0 Å². The Morgan fingerprint density at radius 2 is 2.00 bits per heavy atom. The van der Waals surface area contributed by atoms with Crippen molar-refractivity contribution in [2.45, 2.75) is 6.42 Å². The normalized spacial score (nSPS) is 12.0. The molecule has 1 aliphatic carbocycles. The quantitative estimate of drug-likeness (QED) is 0.608. The highest BCUT2D eigenvalue weighted by Gasteiger charge is 2.23. The highest BCUT2D eigenvalue weighted by atomic mass is 32.1. The van der Waals surface area contributed by atoms with Gasteiger partial charge in [0.2, 0.25) is 0 Å². The number of hydrogen-bond acceptors (Lipinski definition) is 4. The molecular weight excluding hydrogens is 280 g/mol. The van der Waals surface area contributed by atoms with Crippen LogP contribution in [0.2, 0.25) is 0 Å². The van der Waals surface area contributed by atoms with E-state index >= 15 is 0 Å². The lowest BCUT2D eigenvalue weighted by Gasteiger charge is -2.07. The van der Waals surface area contributed by atoms with Crippen molar-refractivity contribution >= 4 is 16.5 Å². The fraction of sp³-hybridized carbons (Fsp3) is 0.118. The number of thiazole rings is 1. The smallest absolute Gasteiger partial charge is 0.180 e. The number of ether oxygens (including phenoxy) is 1. The van der Waals surface area contributed by atoms with Crippen molar-refractivity contribution in [1.29, 1.82) is 0 Å². The standard InChI is InChI=1S/C17H14N2OS/c1-20-13-4-2-3-10(8-13)11-5-6-14-12(7-11)9-15-16(14)19-17(18)21-15/h2-8H,9H2,1H3,(H2,18,19). The summed E-state index contributed by atoms with van der Waals surface area (Å²) in [5.74, 6) is 0.876. The van der Waals surface area contributed by atoms with Gasteiger partial charge < -0.3 is 10.5 Å². The van der Waals surface area contributed by atoms with Crippen LogP contribution in [0.4, 0.5) is 5.13 Å². The molecule has 21 heavy (non-hydrogen) atoms. The SMILES string of the molecule is COc1cccc(-c2ccc3c(c2)Cc2sc(N)nc2-3)c1.